The highest BCUT2D eigenvalue weighted by Gasteiger charge is 2.12. The molecule has 3 nitrogen and oxygen atoms in total. The highest BCUT2D eigenvalue weighted by Crippen LogP contribution is 2.33. The number of imidazole rings is 1. The highest BCUT2D eigenvalue weighted by molar-refractivity contribution is 5.74. The van der Waals surface area contributed by atoms with Crippen molar-refractivity contribution in [1.29, 1.82) is 0 Å². The third-order valence-electron chi connectivity index (χ3n) is 3.20. The Kier molecular flexibility index (Phi) is 2.71. The lowest BCUT2D eigenvalue weighted by atomic mass is 10.0. The van der Waals surface area contributed by atoms with Crippen molar-refractivity contribution >= 4 is 5.52 Å². The smallest absolute Gasteiger partial charge is 0.134 e. The molecule has 4 heteroatoms. The van der Waals surface area contributed by atoms with Gasteiger partial charge in [0.2, 0.25) is 0 Å². The topological polar surface area (TPSA) is 26.5 Å². The number of benzene rings is 1. The van der Waals surface area contributed by atoms with Crippen molar-refractivity contribution in [2.24, 2.45) is 0 Å². The summed E-state index contributed by atoms with van der Waals surface area (Å²) in [4.78, 5) is 4.23. The third kappa shape index (κ3) is 1.85. The summed E-state index contributed by atoms with van der Waals surface area (Å²) in [5, 5.41) is 0. The molecule has 2 heterocycles. The van der Waals surface area contributed by atoms with Crippen molar-refractivity contribution < 1.29 is 9.13 Å². The second kappa shape index (κ2) is 4.39. The lowest BCUT2D eigenvalue weighted by molar-refractivity contribution is 0.413. The molecule has 3 rings (SSSR count). The first-order chi connectivity index (χ1) is 9.20. The average molecular weight is 256 g/mol. The third-order valence-corrected chi connectivity index (χ3v) is 3.20. The lowest BCUT2D eigenvalue weighted by Gasteiger charge is -2.10. The molecule has 19 heavy (non-hydrogen) atoms. The van der Waals surface area contributed by atoms with Gasteiger partial charge in [0.05, 0.1) is 24.4 Å². The van der Waals surface area contributed by atoms with E-state index in [2.05, 4.69) is 4.98 Å². The molecule has 0 aliphatic heterocycles. The number of nitrogens with zero attached hydrogens (tertiary/aromatic N) is 2. The van der Waals surface area contributed by atoms with E-state index in [0.717, 1.165) is 16.9 Å². The summed E-state index contributed by atoms with van der Waals surface area (Å²) in [6.07, 6.45) is 3.66. The van der Waals surface area contributed by atoms with E-state index >= 15 is 0 Å². The van der Waals surface area contributed by atoms with Crippen LogP contribution in [0.2, 0.25) is 0 Å². The second-order valence-electron chi connectivity index (χ2n) is 4.33. The van der Waals surface area contributed by atoms with Gasteiger partial charge in [-0.15, -0.1) is 0 Å². The van der Waals surface area contributed by atoms with Crippen LogP contribution in [0.4, 0.5) is 4.39 Å². The van der Waals surface area contributed by atoms with Gasteiger partial charge in [-0.25, -0.2) is 9.37 Å². The van der Waals surface area contributed by atoms with Gasteiger partial charge >= 0.3 is 0 Å². The molecule has 0 aliphatic rings. The van der Waals surface area contributed by atoms with Gasteiger partial charge in [0.15, 0.2) is 0 Å². The Bertz CT molecular complexity index is 749. The Balaban J connectivity index is 2.24. The number of aryl methyl sites for hydroxylation is 1. The predicted octanol–water partition coefficient (Wildman–Crippen LogP) is 3.46. The first-order valence-electron chi connectivity index (χ1n) is 5.97. The predicted molar refractivity (Wildman–Crippen MR) is 71.9 cm³/mol. The van der Waals surface area contributed by atoms with E-state index in [0.29, 0.717) is 11.3 Å². The Morgan fingerprint density at radius 3 is 2.89 bits per heavy atom. The minimum Gasteiger partial charge on any atom is -0.496 e. The summed E-state index contributed by atoms with van der Waals surface area (Å²) in [5.74, 6) is 1.14. The number of rotatable bonds is 2. The summed E-state index contributed by atoms with van der Waals surface area (Å²) in [5.41, 5.74) is 2.19. The Morgan fingerprint density at radius 1 is 1.26 bits per heavy atom. The van der Waals surface area contributed by atoms with Crippen LogP contribution in [0, 0.1) is 12.7 Å². The number of halogens is 1. The van der Waals surface area contributed by atoms with Crippen LogP contribution in [0.5, 0.6) is 5.75 Å². The molecular weight excluding hydrogens is 243 g/mol. The normalized spacial score (nSPS) is 10.9. The number of hydrogen-bond acceptors (Lipinski definition) is 2. The largest absolute Gasteiger partial charge is 0.496 e. The molecule has 1 aromatic carbocycles. The van der Waals surface area contributed by atoms with Gasteiger partial charge in [0.25, 0.3) is 0 Å². The molecule has 0 saturated carbocycles. The van der Waals surface area contributed by atoms with Gasteiger partial charge in [-0.1, -0.05) is 6.07 Å². The van der Waals surface area contributed by atoms with Crippen molar-refractivity contribution in [1.82, 2.24) is 9.38 Å². The van der Waals surface area contributed by atoms with Crippen LogP contribution >= 0.6 is 0 Å². The zero-order chi connectivity index (χ0) is 13.4. The molecule has 0 saturated heterocycles. The minimum atomic E-state index is -0.292. The van der Waals surface area contributed by atoms with Gasteiger partial charge < -0.3 is 9.14 Å². The molecule has 0 radical (unpaired) electrons. The molecule has 96 valence electrons. The van der Waals surface area contributed by atoms with Gasteiger partial charge in [-0.2, -0.15) is 0 Å². The van der Waals surface area contributed by atoms with Gasteiger partial charge in [0.1, 0.15) is 17.4 Å². The SMILES string of the molecule is COc1cccc(F)c1-c1ccn2c(C)ncc2c1. The van der Waals surface area contributed by atoms with Crippen LogP contribution in [-0.4, -0.2) is 16.5 Å². The maximum atomic E-state index is 14.0. The number of pyridine rings is 1. The van der Waals surface area contributed by atoms with E-state index in [1.807, 2.05) is 29.7 Å². The number of methoxy groups -OCH3 is 1. The summed E-state index contributed by atoms with van der Waals surface area (Å²) < 4.78 is 21.2. The standard InChI is InChI=1S/C15H13FN2O/c1-10-17-9-12-8-11(6-7-18(10)12)15-13(16)4-3-5-14(15)19-2/h3-9H,1-2H3. The zero-order valence-corrected chi connectivity index (χ0v) is 10.7. The van der Waals surface area contributed by atoms with Gasteiger partial charge in [-0.3, -0.25) is 0 Å². The fraction of sp³-hybridized carbons (Fsp3) is 0.133. The van der Waals surface area contributed by atoms with E-state index in [9.17, 15) is 4.39 Å². The minimum absolute atomic E-state index is 0.292. The van der Waals surface area contributed by atoms with Gasteiger partial charge in [-0.05, 0) is 36.8 Å². The van der Waals surface area contributed by atoms with Crippen molar-refractivity contribution in [2.45, 2.75) is 6.92 Å². The monoisotopic (exact) mass is 256 g/mol. The Morgan fingerprint density at radius 2 is 2.11 bits per heavy atom. The van der Waals surface area contributed by atoms with Crippen LogP contribution in [-0.2, 0) is 0 Å². The fourth-order valence-electron chi connectivity index (χ4n) is 2.24. The van der Waals surface area contributed by atoms with Crippen LogP contribution in [0.3, 0.4) is 0 Å². The molecule has 0 amide bonds. The highest BCUT2D eigenvalue weighted by atomic mass is 19.1. The molecule has 0 atom stereocenters. The van der Waals surface area contributed by atoms with Crippen LogP contribution in [0.1, 0.15) is 5.82 Å². The molecule has 0 aliphatic carbocycles. The molecule has 0 spiro atoms. The maximum absolute atomic E-state index is 14.0. The fourth-order valence-corrected chi connectivity index (χ4v) is 2.24. The van der Waals surface area contributed by atoms with Crippen LogP contribution < -0.4 is 4.74 Å². The summed E-state index contributed by atoms with van der Waals surface area (Å²) in [6, 6.07) is 8.59. The molecule has 0 N–H and O–H groups in total. The Hall–Kier alpha value is -2.36. The lowest BCUT2D eigenvalue weighted by Crippen LogP contribution is -1.93. The number of hydrogen-bond donors (Lipinski definition) is 0. The zero-order valence-electron chi connectivity index (χ0n) is 10.7. The van der Waals surface area contributed by atoms with Gasteiger partial charge in [0, 0.05) is 6.20 Å². The van der Waals surface area contributed by atoms with E-state index in [1.165, 1.54) is 6.07 Å². The summed E-state index contributed by atoms with van der Waals surface area (Å²) in [7, 11) is 1.54. The summed E-state index contributed by atoms with van der Waals surface area (Å²) in [6.45, 7) is 1.93. The van der Waals surface area contributed by atoms with Crippen molar-refractivity contribution in [3.8, 4) is 16.9 Å². The summed E-state index contributed by atoms with van der Waals surface area (Å²) >= 11 is 0. The van der Waals surface area contributed by atoms with Crippen molar-refractivity contribution in [2.75, 3.05) is 7.11 Å². The quantitative estimate of drug-likeness (QED) is 0.702. The van der Waals surface area contributed by atoms with E-state index in [4.69, 9.17) is 4.74 Å². The van der Waals surface area contributed by atoms with E-state index in [1.54, 1.807) is 25.4 Å². The van der Waals surface area contributed by atoms with Crippen molar-refractivity contribution in [3.63, 3.8) is 0 Å². The number of ether oxygens (including phenoxy) is 1. The Labute approximate surface area is 110 Å². The first-order valence-corrected chi connectivity index (χ1v) is 5.97. The number of aromatic nitrogens is 2. The molecule has 3 aromatic rings. The second-order valence-corrected chi connectivity index (χ2v) is 4.33. The maximum Gasteiger partial charge on any atom is 0.134 e. The number of fused-ring (bicyclic) bond motifs is 1. The molecule has 0 fully saturated rings. The molecule has 0 unspecified atom stereocenters. The average Bonchev–Trinajstić information content (AvgIpc) is 2.79. The van der Waals surface area contributed by atoms with E-state index in [-0.39, 0.29) is 5.82 Å². The van der Waals surface area contributed by atoms with E-state index < -0.39 is 0 Å². The first kappa shape index (κ1) is 11.7. The molecule has 0 bridgehead atoms. The molecular formula is C15H13FN2O. The molecule has 2 aromatic heterocycles. The van der Waals surface area contributed by atoms with Crippen LogP contribution in [0.15, 0.2) is 42.7 Å². The van der Waals surface area contributed by atoms with Crippen molar-refractivity contribution in [3.05, 3.63) is 54.4 Å². The van der Waals surface area contributed by atoms with Crippen LogP contribution in [0.25, 0.3) is 16.6 Å².